The minimum Gasteiger partial charge on any atom is -0.378 e. The summed E-state index contributed by atoms with van der Waals surface area (Å²) in [5.74, 6) is -0.192. The molecule has 2 heterocycles. The third kappa shape index (κ3) is 2.39. The van der Waals surface area contributed by atoms with Gasteiger partial charge in [0.1, 0.15) is 5.82 Å². The smallest absolute Gasteiger partial charge is 0.139 e. The second-order valence-electron chi connectivity index (χ2n) is 4.81. The molecule has 0 bridgehead atoms. The topological polar surface area (TPSA) is 15.7 Å². The number of hydrogen-bond donors (Lipinski definition) is 0. The van der Waals surface area contributed by atoms with Crippen LogP contribution in [0.4, 0.5) is 10.1 Å². The predicted molar refractivity (Wildman–Crippen MR) is 72.5 cm³/mol. The number of nitrogens with zero attached hydrogens (tertiary/aromatic N) is 2. The van der Waals surface area contributed by atoms with Gasteiger partial charge in [-0.2, -0.15) is 0 Å². The van der Waals surface area contributed by atoms with Crippen molar-refractivity contribution in [1.29, 1.82) is 0 Å². The van der Waals surface area contributed by atoms with Crippen LogP contribution in [0.3, 0.4) is 0 Å². The number of piperazine rings is 1. The van der Waals surface area contributed by atoms with Crippen molar-refractivity contribution in [3.8, 4) is 0 Å². The first kappa shape index (κ1) is 12.4. The molecule has 0 aromatic heterocycles. The van der Waals surface area contributed by atoms with Crippen molar-refractivity contribution >= 4 is 21.6 Å². The molecule has 2 aliphatic rings. The number of halogens is 2. The van der Waals surface area contributed by atoms with Crippen molar-refractivity contribution < 1.29 is 9.13 Å². The molecule has 5 heteroatoms. The Hall–Kier alpha value is -0.650. The first-order valence-electron chi connectivity index (χ1n) is 6.26. The van der Waals surface area contributed by atoms with Crippen LogP contribution in [-0.2, 0) is 4.74 Å². The van der Waals surface area contributed by atoms with Crippen molar-refractivity contribution in [3.05, 3.63) is 28.5 Å². The highest BCUT2D eigenvalue weighted by atomic mass is 79.9. The Balaban J connectivity index is 1.62. The molecule has 0 amide bonds. The fourth-order valence-corrected chi connectivity index (χ4v) is 2.71. The van der Waals surface area contributed by atoms with E-state index in [2.05, 4.69) is 25.7 Å². The van der Waals surface area contributed by atoms with Crippen molar-refractivity contribution in [1.82, 2.24) is 4.90 Å². The summed E-state index contributed by atoms with van der Waals surface area (Å²) in [6, 6.07) is 5.95. The number of anilines is 1. The molecule has 0 spiro atoms. The first-order valence-corrected chi connectivity index (χ1v) is 7.05. The van der Waals surface area contributed by atoms with E-state index in [-0.39, 0.29) is 5.82 Å². The molecular formula is C13H16BrFN2O. The summed E-state index contributed by atoms with van der Waals surface area (Å²) in [5.41, 5.74) is 0.972. The number of benzene rings is 1. The molecule has 3 nitrogen and oxygen atoms in total. The molecule has 1 aromatic carbocycles. The van der Waals surface area contributed by atoms with Gasteiger partial charge in [0.25, 0.3) is 0 Å². The van der Waals surface area contributed by atoms with E-state index in [1.807, 2.05) is 6.07 Å². The molecule has 18 heavy (non-hydrogen) atoms. The van der Waals surface area contributed by atoms with Gasteiger partial charge in [0.2, 0.25) is 0 Å². The quantitative estimate of drug-likeness (QED) is 0.831. The lowest BCUT2D eigenvalue weighted by molar-refractivity contribution is -0.0660. The van der Waals surface area contributed by atoms with E-state index in [0.717, 1.165) is 45.1 Å². The van der Waals surface area contributed by atoms with Crippen LogP contribution in [0, 0.1) is 5.82 Å². The number of rotatable bonds is 2. The maximum atomic E-state index is 13.5. The van der Waals surface area contributed by atoms with Gasteiger partial charge < -0.3 is 9.64 Å². The Bertz CT molecular complexity index is 431. The Morgan fingerprint density at radius 3 is 2.44 bits per heavy atom. The normalized spacial score (nSPS) is 22.0. The van der Waals surface area contributed by atoms with Gasteiger partial charge in [-0.25, -0.2) is 4.39 Å². The summed E-state index contributed by atoms with van der Waals surface area (Å²) < 4.78 is 19.2. The number of hydrogen-bond acceptors (Lipinski definition) is 3. The molecule has 0 radical (unpaired) electrons. The van der Waals surface area contributed by atoms with Crippen molar-refractivity contribution in [3.63, 3.8) is 0 Å². The predicted octanol–water partition coefficient (Wildman–Crippen LogP) is 2.11. The van der Waals surface area contributed by atoms with Gasteiger partial charge in [-0.05, 0) is 34.1 Å². The van der Waals surface area contributed by atoms with Crippen LogP contribution in [-0.4, -0.2) is 50.3 Å². The first-order chi connectivity index (χ1) is 8.74. The fourth-order valence-electron chi connectivity index (χ4n) is 2.46. The lowest BCUT2D eigenvalue weighted by Gasteiger charge is -2.43. The lowest BCUT2D eigenvalue weighted by Crippen LogP contribution is -2.56. The highest BCUT2D eigenvalue weighted by Gasteiger charge is 2.28. The van der Waals surface area contributed by atoms with Crippen molar-refractivity contribution in [2.24, 2.45) is 0 Å². The van der Waals surface area contributed by atoms with Gasteiger partial charge in [-0.15, -0.1) is 0 Å². The zero-order chi connectivity index (χ0) is 12.5. The summed E-state index contributed by atoms with van der Waals surface area (Å²) >= 11 is 3.18. The molecule has 2 aliphatic heterocycles. The summed E-state index contributed by atoms with van der Waals surface area (Å²) in [6.07, 6.45) is 0. The molecule has 0 atom stereocenters. The van der Waals surface area contributed by atoms with Crippen LogP contribution in [0.25, 0.3) is 0 Å². The van der Waals surface area contributed by atoms with Crippen LogP contribution in [0.5, 0.6) is 0 Å². The molecule has 0 unspecified atom stereocenters. The van der Waals surface area contributed by atoms with Gasteiger partial charge in [0, 0.05) is 31.9 Å². The maximum absolute atomic E-state index is 13.5. The maximum Gasteiger partial charge on any atom is 0.139 e. The molecule has 0 saturated carbocycles. The van der Waals surface area contributed by atoms with Gasteiger partial charge in [-0.1, -0.05) is 0 Å². The van der Waals surface area contributed by atoms with Crippen LogP contribution >= 0.6 is 15.9 Å². The standard InChI is InChI=1S/C13H16BrFN2O/c14-12-2-1-10(7-13(12)15)16-3-5-17(6-4-16)11-8-18-9-11/h1-2,7,11H,3-6,8-9H2. The third-order valence-electron chi connectivity index (χ3n) is 3.72. The van der Waals surface area contributed by atoms with E-state index in [0.29, 0.717) is 10.5 Å². The SMILES string of the molecule is Fc1cc(N2CCN(C3COC3)CC2)ccc1Br. The molecule has 3 rings (SSSR count). The summed E-state index contributed by atoms with van der Waals surface area (Å²) in [7, 11) is 0. The van der Waals surface area contributed by atoms with Crippen LogP contribution in [0.15, 0.2) is 22.7 Å². The van der Waals surface area contributed by atoms with Gasteiger partial charge in [0.15, 0.2) is 0 Å². The Morgan fingerprint density at radius 1 is 1.17 bits per heavy atom. The molecule has 2 fully saturated rings. The molecular weight excluding hydrogens is 299 g/mol. The fraction of sp³-hybridized carbons (Fsp3) is 0.538. The number of ether oxygens (including phenoxy) is 1. The van der Waals surface area contributed by atoms with E-state index >= 15 is 0 Å². The lowest BCUT2D eigenvalue weighted by atomic mass is 10.1. The van der Waals surface area contributed by atoms with Gasteiger partial charge in [0.05, 0.1) is 23.7 Å². The molecule has 1 aromatic rings. The van der Waals surface area contributed by atoms with Crippen molar-refractivity contribution in [2.45, 2.75) is 6.04 Å². The Kier molecular flexibility index (Phi) is 3.54. The van der Waals surface area contributed by atoms with Gasteiger partial charge in [-0.3, -0.25) is 4.90 Å². The molecule has 98 valence electrons. The average Bonchev–Trinajstić information content (AvgIpc) is 2.32. The molecule has 0 aliphatic carbocycles. The Labute approximate surface area is 115 Å². The van der Waals surface area contributed by atoms with E-state index < -0.39 is 0 Å². The second kappa shape index (κ2) is 5.15. The van der Waals surface area contributed by atoms with Crippen LogP contribution in [0.1, 0.15) is 0 Å². The van der Waals surface area contributed by atoms with E-state index in [9.17, 15) is 4.39 Å². The average molecular weight is 315 g/mol. The third-order valence-corrected chi connectivity index (χ3v) is 4.36. The molecule has 0 N–H and O–H groups in total. The monoisotopic (exact) mass is 314 g/mol. The Morgan fingerprint density at radius 2 is 1.89 bits per heavy atom. The zero-order valence-electron chi connectivity index (χ0n) is 10.1. The summed E-state index contributed by atoms with van der Waals surface area (Å²) in [6.45, 7) is 5.71. The largest absolute Gasteiger partial charge is 0.378 e. The highest BCUT2D eigenvalue weighted by molar-refractivity contribution is 9.10. The van der Waals surface area contributed by atoms with E-state index in [1.165, 1.54) is 0 Å². The van der Waals surface area contributed by atoms with Gasteiger partial charge >= 0.3 is 0 Å². The summed E-state index contributed by atoms with van der Waals surface area (Å²) in [5, 5.41) is 0. The second-order valence-corrected chi connectivity index (χ2v) is 5.67. The van der Waals surface area contributed by atoms with E-state index in [4.69, 9.17) is 4.74 Å². The van der Waals surface area contributed by atoms with Crippen LogP contribution < -0.4 is 4.90 Å². The molecule has 2 saturated heterocycles. The van der Waals surface area contributed by atoms with Crippen molar-refractivity contribution in [2.75, 3.05) is 44.3 Å². The highest BCUT2D eigenvalue weighted by Crippen LogP contribution is 2.24. The van der Waals surface area contributed by atoms with Crippen LogP contribution in [0.2, 0.25) is 0 Å². The minimum absolute atomic E-state index is 0.192. The zero-order valence-corrected chi connectivity index (χ0v) is 11.7. The van der Waals surface area contributed by atoms with E-state index in [1.54, 1.807) is 12.1 Å². The minimum atomic E-state index is -0.192. The summed E-state index contributed by atoms with van der Waals surface area (Å²) in [4.78, 5) is 4.71.